The monoisotopic (exact) mass is 269 g/mol. The van der Waals surface area contributed by atoms with Crippen LogP contribution < -0.4 is 0 Å². The Kier molecular flexibility index (Phi) is 3.13. The van der Waals surface area contributed by atoms with Crippen LogP contribution in [0.1, 0.15) is 27.4 Å². The molecule has 2 rings (SSSR count). The third kappa shape index (κ3) is 2.35. The molecule has 0 saturated heterocycles. The van der Waals surface area contributed by atoms with Gasteiger partial charge in [0.1, 0.15) is 5.69 Å². The van der Waals surface area contributed by atoms with Crippen molar-refractivity contribution in [1.82, 2.24) is 14.5 Å². The topological polar surface area (TPSA) is 47.8 Å². The van der Waals surface area contributed by atoms with Crippen molar-refractivity contribution in [3.05, 3.63) is 41.0 Å². The molecule has 19 heavy (non-hydrogen) atoms. The van der Waals surface area contributed by atoms with Gasteiger partial charge in [0.25, 0.3) is 0 Å². The maximum Gasteiger partial charge on any atom is 0.433 e. The molecule has 7 heteroatoms. The normalized spacial score (nSPS) is 11.6. The zero-order valence-electron chi connectivity index (χ0n) is 10.2. The van der Waals surface area contributed by atoms with E-state index in [9.17, 15) is 18.0 Å². The molecule has 2 heterocycles. The van der Waals surface area contributed by atoms with E-state index in [1.54, 1.807) is 19.9 Å². The number of aromatic nitrogens is 3. The van der Waals surface area contributed by atoms with Crippen molar-refractivity contribution in [3.8, 4) is 5.95 Å². The Labute approximate surface area is 106 Å². The van der Waals surface area contributed by atoms with Crippen LogP contribution in [0, 0.1) is 13.8 Å². The fourth-order valence-electron chi connectivity index (χ4n) is 1.83. The molecule has 0 amide bonds. The van der Waals surface area contributed by atoms with Crippen LogP contribution >= 0.6 is 0 Å². The summed E-state index contributed by atoms with van der Waals surface area (Å²) in [6, 6.07) is 2.38. The molecule has 0 N–H and O–H groups in total. The molecule has 0 aliphatic carbocycles. The third-order valence-corrected chi connectivity index (χ3v) is 2.73. The summed E-state index contributed by atoms with van der Waals surface area (Å²) in [5.74, 6) is -0.0991. The highest BCUT2D eigenvalue weighted by Gasteiger charge is 2.33. The number of alkyl halides is 3. The molecular weight excluding hydrogens is 259 g/mol. The summed E-state index contributed by atoms with van der Waals surface area (Å²) >= 11 is 0. The van der Waals surface area contributed by atoms with Gasteiger partial charge in [-0.3, -0.25) is 9.36 Å². The minimum atomic E-state index is -4.53. The second-order valence-corrected chi connectivity index (χ2v) is 4.02. The van der Waals surface area contributed by atoms with Gasteiger partial charge in [-0.25, -0.2) is 9.97 Å². The Morgan fingerprint density at radius 3 is 2.53 bits per heavy atom. The van der Waals surface area contributed by atoms with Crippen molar-refractivity contribution in [2.24, 2.45) is 0 Å². The molecule has 2 aromatic heterocycles. The lowest BCUT2D eigenvalue weighted by atomic mass is 10.3. The number of carbonyl (C=O) groups is 1. The minimum Gasteiger partial charge on any atom is -0.298 e. The summed E-state index contributed by atoms with van der Waals surface area (Å²) in [6.07, 6.45) is -2.84. The molecule has 0 spiro atoms. The Balaban J connectivity index is 2.60. The number of nitrogens with zero attached hydrogens (tertiary/aromatic N) is 3. The molecule has 2 aromatic rings. The summed E-state index contributed by atoms with van der Waals surface area (Å²) < 4.78 is 39.2. The van der Waals surface area contributed by atoms with Gasteiger partial charge < -0.3 is 0 Å². The Morgan fingerprint density at radius 1 is 1.32 bits per heavy atom. The van der Waals surface area contributed by atoms with Gasteiger partial charge in [-0.2, -0.15) is 13.2 Å². The van der Waals surface area contributed by atoms with Crippen LogP contribution in [0.15, 0.2) is 18.3 Å². The van der Waals surface area contributed by atoms with E-state index in [1.165, 1.54) is 4.57 Å². The summed E-state index contributed by atoms with van der Waals surface area (Å²) in [5.41, 5.74) is 0.488. The molecule has 0 unspecified atom stereocenters. The van der Waals surface area contributed by atoms with Gasteiger partial charge in [0.05, 0.1) is 0 Å². The van der Waals surface area contributed by atoms with E-state index in [1.807, 2.05) is 0 Å². The lowest BCUT2D eigenvalue weighted by Crippen LogP contribution is -2.12. The predicted octanol–water partition coefficient (Wildman–Crippen LogP) is 2.72. The Bertz CT molecular complexity index is 632. The third-order valence-electron chi connectivity index (χ3n) is 2.73. The van der Waals surface area contributed by atoms with Gasteiger partial charge in [-0.15, -0.1) is 0 Å². The Hall–Kier alpha value is -2.18. The summed E-state index contributed by atoms with van der Waals surface area (Å²) in [7, 11) is 0. The first kappa shape index (κ1) is 13.3. The molecule has 4 nitrogen and oxygen atoms in total. The average molecular weight is 269 g/mol. The number of hydrogen-bond acceptors (Lipinski definition) is 3. The van der Waals surface area contributed by atoms with Gasteiger partial charge in [0, 0.05) is 23.1 Å². The van der Waals surface area contributed by atoms with E-state index in [0.717, 1.165) is 12.3 Å². The molecule has 0 aromatic carbocycles. The Morgan fingerprint density at radius 2 is 2.00 bits per heavy atom. The maximum absolute atomic E-state index is 12.6. The molecule has 0 radical (unpaired) electrons. The van der Waals surface area contributed by atoms with Crippen molar-refractivity contribution >= 4 is 6.29 Å². The number of aryl methyl sites for hydroxylation is 1. The van der Waals surface area contributed by atoms with E-state index >= 15 is 0 Å². The van der Waals surface area contributed by atoms with Crippen LogP contribution in [0.5, 0.6) is 0 Å². The van der Waals surface area contributed by atoms with Gasteiger partial charge in [-0.1, -0.05) is 0 Å². The lowest BCUT2D eigenvalue weighted by Gasteiger charge is -2.10. The van der Waals surface area contributed by atoms with Gasteiger partial charge >= 0.3 is 6.18 Å². The fourth-order valence-corrected chi connectivity index (χ4v) is 1.83. The predicted molar refractivity (Wildman–Crippen MR) is 61.2 cm³/mol. The van der Waals surface area contributed by atoms with E-state index in [4.69, 9.17) is 0 Å². The molecule has 0 atom stereocenters. The average Bonchev–Trinajstić information content (AvgIpc) is 2.63. The van der Waals surface area contributed by atoms with Crippen LogP contribution in [0.25, 0.3) is 5.95 Å². The van der Waals surface area contributed by atoms with E-state index < -0.39 is 11.9 Å². The molecule has 100 valence electrons. The highest BCUT2D eigenvalue weighted by Crippen LogP contribution is 2.28. The lowest BCUT2D eigenvalue weighted by molar-refractivity contribution is -0.141. The second kappa shape index (κ2) is 4.49. The van der Waals surface area contributed by atoms with Gasteiger partial charge in [0.2, 0.25) is 5.95 Å². The maximum atomic E-state index is 12.6. The van der Waals surface area contributed by atoms with Gasteiger partial charge in [0.15, 0.2) is 6.29 Å². The quantitative estimate of drug-likeness (QED) is 0.787. The van der Waals surface area contributed by atoms with Crippen LogP contribution in [0.3, 0.4) is 0 Å². The first-order valence-electron chi connectivity index (χ1n) is 5.39. The summed E-state index contributed by atoms with van der Waals surface area (Å²) in [6.45, 7) is 3.30. The zero-order valence-corrected chi connectivity index (χ0v) is 10.2. The molecule has 0 aliphatic rings. The molecule has 0 aliphatic heterocycles. The number of carbonyl (C=O) groups excluding carboxylic acids is 1. The van der Waals surface area contributed by atoms with Crippen molar-refractivity contribution in [3.63, 3.8) is 0 Å². The van der Waals surface area contributed by atoms with E-state index in [2.05, 4.69) is 9.97 Å². The molecular formula is C12H10F3N3O. The second-order valence-electron chi connectivity index (χ2n) is 4.02. The summed E-state index contributed by atoms with van der Waals surface area (Å²) in [5, 5.41) is 0. The molecule has 0 fully saturated rings. The van der Waals surface area contributed by atoms with Crippen molar-refractivity contribution in [2.45, 2.75) is 20.0 Å². The van der Waals surface area contributed by atoms with E-state index in [0.29, 0.717) is 23.2 Å². The highest BCUT2D eigenvalue weighted by atomic mass is 19.4. The van der Waals surface area contributed by atoms with Crippen molar-refractivity contribution in [1.29, 1.82) is 0 Å². The number of rotatable bonds is 2. The minimum absolute atomic E-state index is 0.0991. The number of hydrogen-bond donors (Lipinski definition) is 0. The smallest absolute Gasteiger partial charge is 0.298 e. The van der Waals surface area contributed by atoms with Gasteiger partial charge in [-0.05, 0) is 26.0 Å². The molecule has 0 saturated carbocycles. The zero-order chi connectivity index (χ0) is 14.2. The summed E-state index contributed by atoms with van der Waals surface area (Å²) in [4.78, 5) is 18.1. The van der Waals surface area contributed by atoms with Crippen LogP contribution in [0.4, 0.5) is 13.2 Å². The van der Waals surface area contributed by atoms with Crippen LogP contribution in [-0.4, -0.2) is 20.8 Å². The largest absolute Gasteiger partial charge is 0.433 e. The van der Waals surface area contributed by atoms with Crippen LogP contribution in [0.2, 0.25) is 0 Å². The number of halogens is 3. The number of aldehydes is 1. The standard InChI is InChI=1S/C12H10F3N3O/c1-7-5-9(6-19)8(2)18(7)11-16-4-3-10(17-11)12(13,14)15/h3-6H,1-2H3. The molecule has 0 bridgehead atoms. The van der Waals surface area contributed by atoms with Crippen molar-refractivity contribution in [2.75, 3.05) is 0 Å². The first-order chi connectivity index (χ1) is 8.84. The van der Waals surface area contributed by atoms with Crippen LogP contribution in [-0.2, 0) is 6.18 Å². The highest BCUT2D eigenvalue weighted by molar-refractivity contribution is 5.77. The fraction of sp³-hybridized carbons (Fsp3) is 0.250. The SMILES string of the molecule is Cc1cc(C=O)c(C)n1-c1nccc(C(F)(F)F)n1. The van der Waals surface area contributed by atoms with E-state index in [-0.39, 0.29) is 5.95 Å². The van der Waals surface area contributed by atoms with Crippen molar-refractivity contribution < 1.29 is 18.0 Å². The first-order valence-corrected chi connectivity index (χ1v) is 5.39.